The fraction of sp³-hybridized carbons (Fsp3) is 0.600. The van der Waals surface area contributed by atoms with Crippen molar-refractivity contribution in [3.05, 3.63) is 30.3 Å². The van der Waals surface area contributed by atoms with E-state index < -0.39 is 0 Å². The molecule has 1 aromatic rings. The van der Waals surface area contributed by atoms with Gasteiger partial charge in [-0.25, -0.2) is 0 Å². The largest absolute Gasteiger partial charge is 0.490 e. The van der Waals surface area contributed by atoms with Gasteiger partial charge in [0, 0.05) is 12.5 Å². The van der Waals surface area contributed by atoms with Crippen LogP contribution in [0.15, 0.2) is 30.3 Å². The molecule has 2 atom stereocenters. The Morgan fingerprint density at radius 3 is 2.53 bits per heavy atom. The molecule has 1 fully saturated rings. The Hall–Kier alpha value is -1.02. The lowest BCUT2D eigenvalue weighted by atomic mass is 9.86. The normalized spacial score (nSPS) is 24.9. The summed E-state index contributed by atoms with van der Waals surface area (Å²) in [5, 5.41) is 0. The summed E-state index contributed by atoms with van der Waals surface area (Å²) in [4.78, 5) is 2.28. The maximum absolute atomic E-state index is 6.14. The molecule has 0 aliphatic heterocycles. The SMILES string of the molecule is CN(C)CC1CCCCC1Oc1ccccc1. The van der Waals surface area contributed by atoms with Crippen molar-refractivity contribution < 1.29 is 4.74 Å². The molecular formula is C15H23NO. The van der Waals surface area contributed by atoms with E-state index in [1.807, 2.05) is 18.2 Å². The van der Waals surface area contributed by atoms with Gasteiger partial charge in [-0.1, -0.05) is 24.6 Å². The van der Waals surface area contributed by atoms with Crippen molar-refractivity contribution in [3.63, 3.8) is 0 Å². The summed E-state index contributed by atoms with van der Waals surface area (Å²) < 4.78 is 6.14. The molecule has 0 aromatic heterocycles. The van der Waals surface area contributed by atoms with Crippen LogP contribution >= 0.6 is 0 Å². The van der Waals surface area contributed by atoms with Gasteiger partial charge in [0.2, 0.25) is 0 Å². The van der Waals surface area contributed by atoms with Gasteiger partial charge in [0.15, 0.2) is 0 Å². The second kappa shape index (κ2) is 6.06. The molecule has 0 amide bonds. The molecule has 0 heterocycles. The Bertz CT molecular complexity index is 323. The van der Waals surface area contributed by atoms with E-state index in [1.54, 1.807) is 0 Å². The zero-order chi connectivity index (χ0) is 12.1. The van der Waals surface area contributed by atoms with Crippen LogP contribution in [0.2, 0.25) is 0 Å². The number of rotatable bonds is 4. The minimum absolute atomic E-state index is 0.397. The molecule has 0 saturated heterocycles. The van der Waals surface area contributed by atoms with Crippen LogP contribution in [0.4, 0.5) is 0 Å². The lowest BCUT2D eigenvalue weighted by molar-refractivity contribution is 0.0760. The first-order valence-corrected chi connectivity index (χ1v) is 6.62. The van der Waals surface area contributed by atoms with Crippen molar-refractivity contribution in [2.24, 2.45) is 5.92 Å². The van der Waals surface area contributed by atoms with Gasteiger partial charge in [-0.15, -0.1) is 0 Å². The highest BCUT2D eigenvalue weighted by Gasteiger charge is 2.27. The van der Waals surface area contributed by atoms with Gasteiger partial charge in [0.25, 0.3) is 0 Å². The van der Waals surface area contributed by atoms with E-state index in [0.29, 0.717) is 12.0 Å². The van der Waals surface area contributed by atoms with E-state index in [4.69, 9.17) is 4.74 Å². The van der Waals surface area contributed by atoms with Crippen molar-refractivity contribution >= 4 is 0 Å². The zero-order valence-electron chi connectivity index (χ0n) is 10.9. The fourth-order valence-corrected chi connectivity index (χ4v) is 2.68. The third kappa shape index (κ3) is 3.74. The first kappa shape index (κ1) is 12.4. The molecule has 0 radical (unpaired) electrons. The van der Waals surface area contributed by atoms with Crippen LogP contribution in [-0.2, 0) is 0 Å². The standard InChI is InChI=1S/C15H23NO/c1-16(2)12-13-8-6-7-11-15(13)17-14-9-4-3-5-10-14/h3-5,9-10,13,15H,6-8,11-12H2,1-2H3. The van der Waals surface area contributed by atoms with Gasteiger partial charge >= 0.3 is 0 Å². The number of ether oxygens (including phenoxy) is 1. The van der Waals surface area contributed by atoms with E-state index in [1.165, 1.54) is 25.7 Å². The van der Waals surface area contributed by atoms with E-state index in [2.05, 4.69) is 31.1 Å². The average molecular weight is 233 g/mol. The highest BCUT2D eigenvalue weighted by atomic mass is 16.5. The molecule has 94 valence electrons. The zero-order valence-corrected chi connectivity index (χ0v) is 10.9. The Labute approximate surface area is 105 Å². The number of benzene rings is 1. The molecule has 2 unspecified atom stereocenters. The van der Waals surface area contributed by atoms with Crippen LogP contribution in [0.5, 0.6) is 5.75 Å². The van der Waals surface area contributed by atoms with Crippen LogP contribution in [0.1, 0.15) is 25.7 Å². The van der Waals surface area contributed by atoms with E-state index >= 15 is 0 Å². The van der Waals surface area contributed by atoms with Crippen LogP contribution in [-0.4, -0.2) is 31.6 Å². The van der Waals surface area contributed by atoms with E-state index in [9.17, 15) is 0 Å². The Kier molecular flexibility index (Phi) is 4.43. The maximum Gasteiger partial charge on any atom is 0.119 e. The monoisotopic (exact) mass is 233 g/mol. The van der Waals surface area contributed by atoms with Crippen LogP contribution in [0.25, 0.3) is 0 Å². The summed E-state index contributed by atoms with van der Waals surface area (Å²) in [7, 11) is 4.29. The number of hydrogen-bond donors (Lipinski definition) is 0. The van der Waals surface area contributed by atoms with Crippen molar-refractivity contribution in [1.29, 1.82) is 0 Å². The number of hydrogen-bond acceptors (Lipinski definition) is 2. The van der Waals surface area contributed by atoms with Gasteiger partial charge in [-0.2, -0.15) is 0 Å². The Morgan fingerprint density at radius 2 is 1.82 bits per heavy atom. The topological polar surface area (TPSA) is 12.5 Å². The summed E-state index contributed by atoms with van der Waals surface area (Å²) in [6.07, 6.45) is 5.56. The predicted octanol–water partition coefficient (Wildman–Crippen LogP) is 3.19. The van der Waals surface area contributed by atoms with Crippen molar-refractivity contribution in [2.75, 3.05) is 20.6 Å². The van der Waals surface area contributed by atoms with Gasteiger partial charge < -0.3 is 9.64 Å². The number of para-hydroxylation sites is 1. The molecule has 1 saturated carbocycles. The molecule has 1 aliphatic carbocycles. The fourth-order valence-electron chi connectivity index (χ4n) is 2.68. The summed E-state index contributed by atoms with van der Waals surface area (Å²) in [5.41, 5.74) is 0. The number of nitrogens with zero attached hydrogens (tertiary/aromatic N) is 1. The highest BCUT2D eigenvalue weighted by molar-refractivity contribution is 5.21. The van der Waals surface area contributed by atoms with E-state index in [-0.39, 0.29) is 0 Å². The van der Waals surface area contributed by atoms with Crippen molar-refractivity contribution in [2.45, 2.75) is 31.8 Å². The van der Waals surface area contributed by atoms with E-state index in [0.717, 1.165) is 12.3 Å². The Balaban J connectivity index is 1.96. The molecule has 2 rings (SSSR count). The third-order valence-corrected chi connectivity index (χ3v) is 3.47. The summed E-state index contributed by atoms with van der Waals surface area (Å²) in [6.45, 7) is 1.14. The molecular weight excluding hydrogens is 210 g/mol. The lowest BCUT2D eigenvalue weighted by Crippen LogP contribution is -2.37. The first-order chi connectivity index (χ1) is 8.25. The quantitative estimate of drug-likeness (QED) is 0.792. The second-order valence-electron chi connectivity index (χ2n) is 5.28. The van der Waals surface area contributed by atoms with Crippen LogP contribution < -0.4 is 4.74 Å². The van der Waals surface area contributed by atoms with Gasteiger partial charge in [0.1, 0.15) is 11.9 Å². The lowest BCUT2D eigenvalue weighted by Gasteiger charge is -2.33. The molecule has 1 aliphatic rings. The third-order valence-electron chi connectivity index (χ3n) is 3.47. The average Bonchev–Trinajstić information content (AvgIpc) is 2.32. The summed E-state index contributed by atoms with van der Waals surface area (Å²) in [5.74, 6) is 1.70. The van der Waals surface area contributed by atoms with Gasteiger partial charge in [-0.3, -0.25) is 0 Å². The van der Waals surface area contributed by atoms with Gasteiger partial charge in [0.05, 0.1) is 0 Å². The molecule has 2 heteroatoms. The first-order valence-electron chi connectivity index (χ1n) is 6.62. The molecule has 0 spiro atoms. The predicted molar refractivity (Wildman–Crippen MR) is 71.4 cm³/mol. The molecule has 1 aromatic carbocycles. The van der Waals surface area contributed by atoms with Crippen molar-refractivity contribution in [3.8, 4) is 5.75 Å². The minimum atomic E-state index is 0.397. The van der Waals surface area contributed by atoms with Crippen LogP contribution in [0.3, 0.4) is 0 Å². The molecule has 0 N–H and O–H groups in total. The highest BCUT2D eigenvalue weighted by Crippen LogP contribution is 2.28. The second-order valence-corrected chi connectivity index (χ2v) is 5.28. The van der Waals surface area contributed by atoms with Gasteiger partial charge in [-0.05, 0) is 45.5 Å². The van der Waals surface area contributed by atoms with Crippen LogP contribution in [0, 0.1) is 5.92 Å². The Morgan fingerprint density at radius 1 is 1.12 bits per heavy atom. The minimum Gasteiger partial charge on any atom is -0.490 e. The molecule has 0 bridgehead atoms. The summed E-state index contributed by atoms with van der Waals surface area (Å²) >= 11 is 0. The molecule has 2 nitrogen and oxygen atoms in total. The maximum atomic E-state index is 6.14. The van der Waals surface area contributed by atoms with Crippen molar-refractivity contribution in [1.82, 2.24) is 4.90 Å². The smallest absolute Gasteiger partial charge is 0.119 e. The summed E-state index contributed by atoms with van der Waals surface area (Å²) in [6, 6.07) is 10.2. The molecule has 17 heavy (non-hydrogen) atoms.